The van der Waals surface area contributed by atoms with Gasteiger partial charge in [0.2, 0.25) is 0 Å². The number of nitrogens with one attached hydrogen (secondary N) is 1. The van der Waals surface area contributed by atoms with E-state index in [9.17, 15) is 10.1 Å². The molecule has 2 atom stereocenters. The van der Waals surface area contributed by atoms with E-state index in [4.69, 9.17) is 0 Å². The van der Waals surface area contributed by atoms with Crippen molar-refractivity contribution in [1.82, 2.24) is 5.32 Å². The Morgan fingerprint density at radius 1 is 1.19 bits per heavy atom. The normalized spacial score (nSPS) is 14.1. The number of nitro benzene ring substituents is 1. The van der Waals surface area contributed by atoms with Crippen LogP contribution in [0.2, 0.25) is 0 Å². The maximum absolute atomic E-state index is 10.9. The molecule has 1 aromatic heterocycles. The van der Waals surface area contributed by atoms with E-state index in [0.717, 1.165) is 5.56 Å². The van der Waals surface area contributed by atoms with Gasteiger partial charge in [-0.1, -0.05) is 32.0 Å². The lowest BCUT2D eigenvalue weighted by atomic mass is 9.99. The summed E-state index contributed by atoms with van der Waals surface area (Å²) in [6.07, 6.45) is 0. The highest BCUT2D eigenvalue weighted by Gasteiger charge is 2.20. The number of thiophene rings is 1. The summed E-state index contributed by atoms with van der Waals surface area (Å²) in [6, 6.07) is 11.3. The number of nitro groups is 1. The van der Waals surface area contributed by atoms with Crippen LogP contribution in [-0.4, -0.2) is 4.92 Å². The number of hydrogen-bond donors (Lipinski definition) is 1. The van der Waals surface area contributed by atoms with Crippen molar-refractivity contribution in [2.75, 3.05) is 0 Å². The first-order chi connectivity index (χ1) is 9.99. The van der Waals surface area contributed by atoms with Crippen molar-refractivity contribution in [2.45, 2.75) is 32.9 Å². The summed E-state index contributed by atoms with van der Waals surface area (Å²) in [4.78, 5) is 11.8. The van der Waals surface area contributed by atoms with Crippen molar-refractivity contribution in [3.8, 4) is 0 Å². The van der Waals surface area contributed by atoms with E-state index in [1.165, 1.54) is 10.9 Å². The molecule has 112 valence electrons. The van der Waals surface area contributed by atoms with Gasteiger partial charge in [-0.15, -0.1) is 11.3 Å². The van der Waals surface area contributed by atoms with Crippen LogP contribution in [0, 0.1) is 16.0 Å². The second kappa shape index (κ2) is 6.83. The highest BCUT2D eigenvalue weighted by atomic mass is 32.1. The van der Waals surface area contributed by atoms with Crippen LogP contribution in [0.1, 0.15) is 43.3 Å². The number of benzene rings is 1. The molecule has 1 aromatic carbocycles. The molecule has 0 amide bonds. The largest absolute Gasteiger partial charge is 0.302 e. The monoisotopic (exact) mass is 304 g/mol. The zero-order valence-electron chi connectivity index (χ0n) is 12.4. The Hall–Kier alpha value is -1.72. The molecular weight excluding hydrogens is 284 g/mol. The van der Waals surface area contributed by atoms with E-state index in [0.29, 0.717) is 5.92 Å². The molecule has 0 saturated carbocycles. The molecule has 0 saturated heterocycles. The summed E-state index contributed by atoms with van der Waals surface area (Å²) in [7, 11) is 0. The third-order valence-electron chi connectivity index (χ3n) is 3.53. The van der Waals surface area contributed by atoms with E-state index < -0.39 is 0 Å². The summed E-state index contributed by atoms with van der Waals surface area (Å²) >= 11 is 1.73. The molecule has 0 spiro atoms. The molecule has 0 radical (unpaired) electrons. The standard InChI is InChI=1S/C16H20N2O2S/c1-11(2)16(15-8-5-9-21-15)17-12(3)13-6-4-7-14(10-13)18(19)20/h4-12,16-17H,1-3H3. The molecule has 1 heterocycles. The first-order valence-electron chi connectivity index (χ1n) is 7.03. The second-order valence-corrected chi connectivity index (χ2v) is 6.46. The highest BCUT2D eigenvalue weighted by molar-refractivity contribution is 7.10. The van der Waals surface area contributed by atoms with Gasteiger partial charge in [0.25, 0.3) is 5.69 Å². The molecule has 0 aliphatic rings. The van der Waals surface area contributed by atoms with Crippen LogP contribution in [0.5, 0.6) is 0 Å². The lowest BCUT2D eigenvalue weighted by molar-refractivity contribution is -0.384. The first kappa shape index (κ1) is 15.7. The van der Waals surface area contributed by atoms with Crippen LogP contribution in [0.3, 0.4) is 0 Å². The van der Waals surface area contributed by atoms with E-state index in [1.54, 1.807) is 23.5 Å². The summed E-state index contributed by atoms with van der Waals surface area (Å²) in [6.45, 7) is 6.40. The van der Waals surface area contributed by atoms with Gasteiger partial charge >= 0.3 is 0 Å². The van der Waals surface area contributed by atoms with Crippen LogP contribution in [0.4, 0.5) is 5.69 Å². The van der Waals surface area contributed by atoms with Gasteiger partial charge in [-0.25, -0.2) is 0 Å². The molecule has 4 nitrogen and oxygen atoms in total. The maximum atomic E-state index is 10.9. The predicted octanol–water partition coefficient (Wildman–Crippen LogP) is 4.70. The third-order valence-corrected chi connectivity index (χ3v) is 4.48. The summed E-state index contributed by atoms with van der Waals surface area (Å²) < 4.78 is 0. The molecule has 0 fully saturated rings. The lowest BCUT2D eigenvalue weighted by Gasteiger charge is -2.26. The average molecular weight is 304 g/mol. The van der Waals surface area contributed by atoms with Crippen molar-refractivity contribution in [2.24, 2.45) is 5.92 Å². The molecule has 21 heavy (non-hydrogen) atoms. The van der Waals surface area contributed by atoms with Gasteiger partial charge < -0.3 is 5.32 Å². The molecule has 0 bridgehead atoms. The lowest BCUT2D eigenvalue weighted by Crippen LogP contribution is -2.27. The van der Waals surface area contributed by atoms with Gasteiger partial charge in [-0.05, 0) is 29.9 Å². The summed E-state index contributed by atoms with van der Waals surface area (Å²) in [5.74, 6) is 0.449. The number of rotatable bonds is 6. The molecule has 2 rings (SSSR count). The van der Waals surface area contributed by atoms with E-state index in [2.05, 4.69) is 36.7 Å². The Labute approximate surface area is 129 Å². The molecule has 0 aliphatic heterocycles. The van der Waals surface area contributed by atoms with Gasteiger partial charge in [0, 0.05) is 29.1 Å². The Balaban J connectivity index is 2.17. The minimum Gasteiger partial charge on any atom is -0.302 e. The Kier molecular flexibility index (Phi) is 5.09. The molecule has 5 heteroatoms. The fourth-order valence-corrected chi connectivity index (χ4v) is 3.30. The SMILES string of the molecule is CC(NC(c1cccs1)C(C)C)c1cccc([N+](=O)[O-])c1. The van der Waals surface area contributed by atoms with Gasteiger partial charge in [0.15, 0.2) is 0 Å². The van der Waals surface area contributed by atoms with Crippen LogP contribution in [0.15, 0.2) is 41.8 Å². The van der Waals surface area contributed by atoms with Crippen molar-refractivity contribution >= 4 is 17.0 Å². The maximum Gasteiger partial charge on any atom is 0.269 e. The minimum absolute atomic E-state index is 0.0550. The fourth-order valence-electron chi connectivity index (χ4n) is 2.34. The van der Waals surface area contributed by atoms with Gasteiger partial charge in [0.1, 0.15) is 0 Å². The third kappa shape index (κ3) is 3.89. The predicted molar refractivity (Wildman–Crippen MR) is 86.5 cm³/mol. The van der Waals surface area contributed by atoms with E-state index in [1.807, 2.05) is 13.0 Å². The fraction of sp³-hybridized carbons (Fsp3) is 0.375. The van der Waals surface area contributed by atoms with E-state index in [-0.39, 0.29) is 22.7 Å². The van der Waals surface area contributed by atoms with Crippen LogP contribution >= 0.6 is 11.3 Å². The first-order valence-corrected chi connectivity index (χ1v) is 7.91. The topological polar surface area (TPSA) is 55.2 Å². The quantitative estimate of drug-likeness (QED) is 0.621. The number of nitrogens with zero attached hydrogens (tertiary/aromatic N) is 1. The Morgan fingerprint density at radius 2 is 1.95 bits per heavy atom. The second-order valence-electron chi connectivity index (χ2n) is 5.48. The van der Waals surface area contributed by atoms with Gasteiger partial charge in [-0.3, -0.25) is 10.1 Å². The Bertz CT molecular complexity index is 596. The number of non-ortho nitro benzene ring substituents is 1. The highest BCUT2D eigenvalue weighted by Crippen LogP contribution is 2.29. The van der Waals surface area contributed by atoms with Crippen LogP contribution < -0.4 is 5.32 Å². The molecular formula is C16H20N2O2S. The van der Waals surface area contributed by atoms with Crippen LogP contribution in [0.25, 0.3) is 0 Å². The summed E-state index contributed by atoms with van der Waals surface area (Å²) in [5.41, 5.74) is 1.07. The number of hydrogen-bond acceptors (Lipinski definition) is 4. The summed E-state index contributed by atoms with van der Waals surface area (Å²) in [5, 5.41) is 16.5. The van der Waals surface area contributed by atoms with Gasteiger partial charge in [0.05, 0.1) is 4.92 Å². The zero-order valence-corrected chi connectivity index (χ0v) is 13.3. The average Bonchev–Trinajstić information content (AvgIpc) is 2.98. The van der Waals surface area contributed by atoms with E-state index >= 15 is 0 Å². The molecule has 0 aliphatic carbocycles. The molecule has 2 aromatic rings. The zero-order chi connectivity index (χ0) is 15.4. The smallest absolute Gasteiger partial charge is 0.269 e. The van der Waals surface area contributed by atoms with Crippen molar-refractivity contribution in [3.05, 3.63) is 62.3 Å². The van der Waals surface area contributed by atoms with Crippen molar-refractivity contribution < 1.29 is 4.92 Å². The Morgan fingerprint density at radius 3 is 2.52 bits per heavy atom. The molecule has 2 unspecified atom stereocenters. The van der Waals surface area contributed by atoms with Gasteiger partial charge in [-0.2, -0.15) is 0 Å². The van der Waals surface area contributed by atoms with Crippen molar-refractivity contribution in [1.29, 1.82) is 0 Å². The van der Waals surface area contributed by atoms with Crippen molar-refractivity contribution in [3.63, 3.8) is 0 Å². The van der Waals surface area contributed by atoms with Crippen LogP contribution in [-0.2, 0) is 0 Å². The minimum atomic E-state index is -0.352. The molecule has 1 N–H and O–H groups in total.